The minimum atomic E-state index is 0.643. The molecule has 0 spiro atoms. The van der Waals surface area contributed by atoms with Gasteiger partial charge in [-0.3, -0.25) is 0 Å². The van der Waals surface area contributed by atoms with Gasteiger partial charge in [-0.25, -0.2) is 0 Å². The first kappa shape index (κ1) is 12.7. The minimum absolute atomic E-state index is 0.643. The molecule has 1 rings (SSSR count). The Balaban J connectivity index is 1.85. The van der Waals surface area contributed by atoms with Gasteiger partial charge in [0.25, 0.3) is 0 Å². The lowest BCUT2D eigenvalue weighted by Crippen LogP contribution is -2.16. The zero-order valence-electron chi connectivity index (χ0n) is 9.66. The summed E-state index contributed by atoms with van der Waals surface area (Å²) in [5, 5.41) is 5.52. The average Bonchev–Trinajstić information content (AvgIpc) is 2.68. The van der Waals surface area contributed by atoms with Gasteiger partial charge in [-0.1, -0.05) is 19.9 Å². The first-order valence-electron chi connectivity index (χ1n) is 5.60. The maximum Gasteiger partial charge on any atom is 0.0489 e. The highest BCUT2D eigenvalue weighted by molar-refractivity contribution is 7.09. The van der Waals surface area contributed by atoms with Crippen molar-refractivity contribution in [3.05, 3.63) is 22.4 Å². The predicted octanol–water partition coefficient (Wildman–Crippen LogP) is 2.90. The molecule has 15 heavy (non-hydrogen) atoms. The Hall–Kier alpha value is -0.380. The molecule has 0 atom stereocenters. The highest BCUT2D eigenvalue weighted by Gasteiger charge is 1.94. The molecule has 1 N–H and O–H groups in total. The lowest BCUT2D eigenvalue weighted by atomic mass is 10.2. The topological polar surface area (TPSA) is 21.3 Å². The zero-order valence-corrected chi connectivity index (χ0v) is 10.5. The maximum absolute atomic E-state index is 5.49. The van der Waals surface area contributed by atoms with Crippen LogP contribution in [0.25, 0.3) is 0 Å². The normalized spacial score (nSPS) is 11.1. The van der Waals surface area contributed by atoms with Gasteiger partial charge in [0, 0.05) is 24.6 Å². The van der Waals surface area contributed by atoms with Crippen molar-refractivity contribution in [1.29, 1.82) is 0 Å². The number of nitrogens with one attached hydrogen (secondary N) is 1. The molecule has 86 valence electrons. The summed E-state index contributed by atoms with van der Waals surface area (Å²) in [6, 6.07) is 4.25. The average molecular weight is 227 g/mol. The van der Waals surface area contributed by atoms with E-state index in [1.165, 1.54) is 4.88 Å². The molecule has 0 radical (unpaired) electrons. The molecule has 0 saturated heterocycles. The van der Waals surface area contributed by atoms with Gasteiger partial charge in [0.15, 0.2) is 0 Å². The number of hydrogen-bond donors (Lipinski definition) is 1. The minimum Gasteiger partial charge on any atom is -0.381 e. The van der Waals surface area contributed by atoms with Crippen LogP contribution in [0.3, 0.4) is 0 Å². The number of ether oxygens (including phenoxy) is 1. The molecule has 0 bridgehead atoms. The monoisotopic (exact) mass is 227 g/mol. The quantitative estimate of drug-likeness (QED) is 0.690. The molecular weight excluding hydrogens is 206 g/mol. The van der Waals surface area contributed by atoms with Crippen molar-refractivity contribution in [2.24, 2.45) is 5.92 Å². The summed E-state index contributed by atoms with van der Waals surface area (Å²) in [6.07, 6.45) is 1.10. The second kappa shape index (κ2) is 7.85. The largest absolute Gasteiger partial charge is 0.381 e. The van der Waals surface area contributed by atoms with Crippen LogP contribution in [0.15, 0.2) is 17.5 Å². The van der Waals surface area contributed by atoms with E-state index in [2.05, 4.69) is 36.7 Å². The standard InChI is InChI=1S/C12H21NOS/c1-11(2)10-14-7-4-6-13-9-12-5-3-8-15-12/h3,5,8,11,13H,4,6-7,9-10H2,1-2H3. The lowest BCUT2D eigenvalue weighted by molar-refractivity contribution is 0.108. The van der Waals surface area contributed by atoms with Gasteiger partial charge in [0.05, 0.1) is 0 Å². The Morgan fingerprint density at radius 1 is 1.47 bits per heavy atom. The predicted molar refractivity (Wildman–Crippen MR) is 66.3 cm³/mol. The van der Waals surface area contributed by atoms with E-state index in [1.54, 1.807) is 11.3 Å². The van der Waals surface area contributed by atoms with Gasteiger partial charge in [0.2, 0.25) is 0 Å². The summed E-state index contributed by atoms with van der Waals surface area (Å²) in [6.45, 7) is 8.13. The van der Waals surface area contributed by atoms with Crippen molar-refractivity contribution in [3.63, 3.8) is 0 Å². The van der Waals surface area contributed by atoms with Crippen LogP contribution in [0.5, 0.6) is 0 Å². The molecular formula is C12H21NOS. The number of rotatable bonds is 8. The van der Waals surface area contributed by atoms with E-state index >= 15 is 0 Å². The summed E-state index contributed by atoms with van der Waals surface area (Å²) in [4.78, 5) is 1.40. The summed E-state index contributed by atoms with van der Waals surface area (Å²) in [5.41, 5.74) is 0. The smallest absolute Gasteiger partial charge is 0.0489 e. The van der Waals surface area contributed by atoms with Gasteiger partial charge in [-0.15, -0.1) is 11.3 Å². The molecule has 1 aromatic heterocycles. The Kier molecular flexibility index (Phi) is 6.64. The second-order valence-electron chi connectivity index (χ2n) is 4.08. The van der Waals surface area contributed by atoms with Crippen LogP contribution in [0.4, 0.5) is 0 Å². The van der Waals surface area contributed by atoms with Crippen molar-refractivity contribution in [2.75, 3.05) is 19.8 Å². The molecule has 3 heteroatoms. The number of hydrogen-bond acceptors (Lipinski definition) is 3. The molecule has 1 heterocycles. The van der Waals surface area contributed by atoms with E-state index < -0.39 is 0 Å². The van der Waals surface area contributed by atoms with E-state index in [1.807, 2.05) is 0 Å². The molecule has 0 aliphatic heterocycles. The summed E-state index contributed by atoms with van der Waals surface area (Å²) >= 11 is 1.80. The van der Waals surface area contributed by atoms with Crippen LogP contribution in [0, 0.1) is 5.92 Å². The molecule has 0 fully saturated rings. The first-order valence-corrected chi connectivity index (χ1v) is 6.48. The van der Waals surface area contributed by atoms with E-state index in [9.17, 15) is 0 Å². The molecule has 2 nitrogen and oxygen atoms in total. The zero-order chi connectivity index (χ0) is 10.9. The highest BCUT2D eigenvalue weighted by Crippen LogP contribution is 2.07. The van der Waals surface area contributed by atoms with Gasteiger partial charge < -0.3 is 10.1 Å². The Bertz CT molecular complexity index is 234. The van der Waals surface area contributed by atoms with Crippen molar-refractivity contribution < 1.29 is 4.74 Å². The van der Waals surface area contributed by atoms with Crippen molar-refractivity contribution in [2.45, 2.75) is 26.8 Å². The first-order chi connectivity index (χ1) is 7.29. The van der Waals surface area contributed by atoms with E-state index in [-0.39, 0.29) is 0 Å². The van der Waals surface area contributed by atoms with Gasteiger partial charge >= 0.3 is 0 Å². The highest BCUT2D eigenvalue weighted by atomic mass is 32.1. The SMILES string of the molecule is CC(C)COCCCNCc1cccs1. The van der Waals surface area contributed by atoms with Crippen molar-refractivity contribution in [1.82, 2.24) is 5.32 Å². The van der Waals surface area contributed by atoms with Crippen LogP contribution in [-0.2, 0) is 11.3 Å². The molecule has 1 aromatic rings. The van der Waals surface area contributed by atoms with Crippen LogP contribution < -0.4 is 5.32 Å². The van der Waals surface area contributed by atoms with Crippen LogP contribution >= 0.6 is 11.3 Å². The molecule has 0 saturated carbocycles. The van der Waals surface area contributed by atoms with Gasteiger partial charge in [-0.05, 0) is 30.3 Å². The second-order valence-corrected chi connectivity index (χ2v) is 5.11. The van der Waals surface area contributed by atoms with E-state index in [0.29, 0.717) is 5.92 Å². The molecule has 0 unspecified atom stereocenters. The van der Waals surface area contributed by atoms with Crippen LogP contribution in [0.2, 0.25) is 0 Å². The third-order valence-corrected chi connectivity index (χ3v) is 2.85. The maximum atomic E-state index is 5.49. The van der Waals surface area contributed by atoms with Crippen LogP contribution in [0.1, 0.15) is 25.1 Å². The summed E-state index contributed by atoms with van der Waals surface area (Å²) < 4.78 is 5.49. The lowest BCUT2D eigenvalue weighted by Gasteiger charge is -2.07. The summed E-state index contributed by atoms with van der Waals surface area (Å²) in [7, 11) is 0. The molecule has 0 amide bonds. The third kappa shape index (κ3) is 6.66. The summed E-state index contributed by atoms with van der Waals surface area (Å²) in [5.74, 6) is 0.643. The Morgan fingerprint density at radius 2 is 2.33 bits per heavy atom. The van der Waals surface area contributed by atoms with Crippen molar-refractivity contribution in [3.8, 4) is 0 Å². The van der Waals surface area contributed by atoms with E-state index in [4.69, 9.17) is 4.74 Å². The fourth-order valence-electron chi connectivity index (χ4n) is 1.24. The van der Waals surface area contributed by atoms with Crippen molar-refractivity contribution >= 4 is 11.3 Å². The molecule has 0 aliphatic carbocycles. The molecule has 0 aliphatic rings. The third-order valence-electron chi connectivity index (χ3n) is 1.97. The Labute approximate surface area is 96.7 Å². The van der Waals surface area contributed by atoms with Gasteiger partial charge in [-0.2, -0.15) is 0 Å². The van der Waals surface area contributed by atoms with E-state index in [0.717, 1.165) is 32.7 Å². The van der Waals surface area contributed by atoms with Gasteiger partial charge in [0.1, 0.15) is 0 Å². The van der Waals surface area contributed by atoms with Crippen LogP contribution in [-0.4, -0.2) is 19.8 Å². The number of thiophene rings is 1. The fourth-order valence-corrected chi connectivity index (χ4v) is 1.92. The fraction of sp³-hybridized carbons (Fsp3) is 0.667. The molecule has 0 aromatic carbocycles. The Morgan fingerprint density at radius 3 is 3.00 bits per heavy atom.